The lowest BCUT2D eigenvalue weighted by Crippen LogP contribution is -2.15. The Labute approximate surface area is 131 Å². The van der Waals surface area contributed by atoms with Crippen LogP contribution in [0.5, 0.6) is 0 Å². The fourth-order valence-corrected chi connectivity index (χ4v) is 4.64. The van der Waals surface area contributed by atoms with Crippen LogP contribution in [0.15, 0.2) is 40.6 Å². The highest BCUT2D eigenvalue weighted by Gasteiger charge is 2.18. The summed E-state index contributed by atoms with van der Waals surface area (Å²) in [6.07, 6.45) is 0.983. The van der Waals surface area contributed by atoms with E-state index in [2.05, 4.69) is 9.44 Å². The quantitative estimate of drug-likeness (QED) is 0.850. The highest BCUT2D eigenvalue weighted by molar-refractivity contribution is 7.94. The maximum Gasteiger partial charge on any atom is 0.271 e. The summed E-state index contributed by atoms with van der Waals surface area (Å²) >= 11 is 6.63. The van der Waals surface area contributed by atoms with Crippen molar-refractivity contribution in [3.63, 3.8) is 0 Å². The lowest BCUT2D eigenvalue weighted by atomic mass is 10.3. The topological polar surface area (TPSA) is 92.3 Å². The van der Waals surface area contributed by atoms with Gasteiger partial charge in [0, 0.05) is 0 Å². The third kappa shape index (κ3) is 4.34. The first kappa shape index (κ1) is 16.1. The van der Waals surface area contributed by atoms with E-state index >= 15 is 0 Å². The van der Waals surface area contributed by atoms with Crippen LogP contribution in [-0.2, 0) is 20.0 Å². The Morgan fingerprint density at radius 3 is 2.00 bits per heavy atom. The van der Waals surface area contributed by atoms with E-state index in [4.69, 9.17) is 11.6 Å². The third-order valence-electron chi connectivity index (χ3n) is 2.28. The standard InChI is InChI=1S/C11H11ClN2O4S3/c1-20(15,16)13-8-4-2-3-5-9(8)14-21(17,18)11-7-6-10(12)19-11/h2-7,13-14H,1H3. The molecule has 114 valence electrons. The molecule has 2 rings (SSSR count). The van der Waals surface area contributed by atoms with E-state index in [0.717, 1.165) is 17.6 Å². The molecule has 2 aromatic rings. The lowest BCUT2D eigenvalue weighted by Gasteiger charge is -2.12. The summed E-state index contributed by atoms with van der Waals surface area (Å²) in [5.74, 6) is 0. The Balaban J connectivity index is 2.36. The number of benzene rings is 1. The van der Waals surface area contributed by atoms with Gasteiger partial charge in [-0.3, -0.25) is 9.44 Å². The van der Waals surface area contributed by atoms with Gasteiger partial charge in [0.25, 0.3) is 10.0 Å². The van der Waals surface area contributed by atoms with Crippen molar-refractivity contribution in [2.45, 2.75) is 4.21 Å². The number of para-hydroxylation sites is 2. The van der Waals surface area contributed by atoms with E-state index in [0.29, 0.717) is 4.34 Å². The van der Waals surface area contributed by atoms with Gasteiger partial charge in [-0.15, -0.1) is 11.3 Å². The SMILES string of the molecule is CS(=O)(=O)Nc1ccccc1NS(=O)(=O)c1ccc(Cl)s1. The molecule has 6 nitrogen and oxygen atoms in total. The zero-order valence-electron chi connectivity index (χ0n) is 10.7. The van der Waals surface area contributed by atoms with Gasteiger partial charge >= 0.3 is 0 Å². The molecule has 0 radical (unpaired) electrons. The van der Waals surface area contributed by atoms with Crippen molar-refractivity contribution in [3.8, 4) is 0 Å². The minimum absolute atomic E-state index is 0.0432. The highest BCUT2D eigenvalue weighted by Crippen LogP contribution is 2.29. The normalized spacial score (nSPS) is 12.1. The second kappa shape index (κ2) is 5.84. The van der Waals surface area contributed by atoms with E-state index in [9.17, 15) is 16.8 Å². The molecule has 21 heavy (non-hydrogen) atoms. The summed E-state index contributed by atoms with van der Waals surface area (Å²) in [7, 11) is -7.34. The fraction of sp³-hybridized carbons (Fsp3) is 0.0909. The van der Waals surface area contributed by atoms with E-state index < -0.39 is 20.0 Å². The first-order chi connectivity index (χ1) is 9.67. The first-order valence-electron chi connectivity index (χ1n) is 5.52. The number of hydrogen-bond donors (Lipinski definition) is 2. The number of sulfonamides is 2. The van der Waals surface area contributed by atoms with E-state index in [-0.39, 0.29) is 15.6 Å². The van der Waals surface area contributed by atoms with Crippen LogP contribution in [0.2, 0.25) is 4.34 Å². The van der Waals surface area contributed by atoms with Crippen LogP contribution in [0, 0.1) is 0 Å². The molecule has 1 heterocycles. The summed E-state index contributed by atoms with van der Waals surface area (Å²) in [5.41, 5.74) is 0.277. The van der Waals surface area contributed by atoms with Crippen LogP contribution in [0.3, 0.4) is 0 Å². The Kier molecular flexibility index (Phi) is 4.47. The molecule has 0 saturated carbocycles. The van der Waals surface area contributed by atoms with Crippen LogP contribution < -0.4 is 9.44 Å². The molecule has 0 unspecified atom stereocenters. The molecule has 0 spiro atoms. The molecule has 0 fully saturated rings. The molecular formula is C11H11ClN2O4S3. The molecule has 10 heteroatoms. The van der Waals surface area contributed by atoms with Gasteiger partial charge in [-0.2, -0.15) is 0 Å². The smallest absolute Gasteiger partial charge is 0.271 e. The molecule has 0 bridgehead atoms. The average Bonchev–Trinajstić information content (AvgIpc) is 2.77. The van der Waals surface area contributed by atoms with Gasteiger partial charge in [0.2, 0.25) is 10.0 Å². The molecule has 1 aromatic carbocycles. The minimum Gasteiger partial charge on any atom is -0.282 e. The zero-order valence-corrected chi connectivity index (χ0v) is 13.9. The van der Waals surface area contributed by atoms with Crippen LogP contribution in [0.4, 0.5) is 11.4 Å². The Bertz CT molecular complexity index is 859. The molecule has 0 saturated heterocycles. The van der Waals surface area contributed by atoms with Crippen molar-refractivity contribution in [2.24, 2.45) is 0 Å². The summed E-state index contributed by atoms with van der Waals surface area (Å²) in [6, 6.07) is 8.95. The van der Waals surface area contributed by atoms with Gasteiger partial charge in [0.05, 0.1) is 22.0 Å². The van der Waals surface area contributed by atoms with Crippen molar-refractivity contribution < 1.29 is 16.8 Å². The number of halogens is 1. The molecule has 0 atom stereocenters. The molecular weight excluding hydrogens is 356 g/mol. The average molecular weight is 367 g/mol. The fourth-order valence-electron chi connectivity index (χ4n) is 1.50. The second-order valence-electron chi connectivity index (χ2n) is 4.08. The summed E-state index contributed by atoms with van der Waals surface area (Å²) in [6.45, 7) is 0. The van der Waals surface area contributed by atoms with Crippen molar-refractivity contribution >= 4 is 54.4 Å². The van der Waals surface area contributed by atoms with Crippen molar-refractivity contribution in [1.29, 1.82) is 0 Å². The van der Waals surface area contributed by atoms with Gasteiger partial charge in [-0.1, -0.05) is 23.7 Å². The van der Waals surface area contributed by atoms with E-state index in [1.165, 1.54) is 24.3 Å². The third-order valence-corrected chi connectivity index (χ3v) is 5.96. The van der Waals surface area contributed by atoms with Crippen LogP contribution in [-0.4, -0.2) is 23.1 Å². The molecule has 2 N–H and O–H groups in total. The largest absolute Gasteiger partial charge is 0.282 e. The summed E-state index contributed by atoms with van der Waals surface area (Å²) in [5, 5.41) is 0. The Morgan fingerprint density at radius 2 is 1.52 bits per heavy atom. The van der Waals surface area contributed by atoms with Gasteiger partial charge in [-0.05, 0) is 24.3 Å². The number of nitrogens with one attached hydrogen (secondary N) is 2. The maximum atomic E-state index is 12.2. The Hall–Kier alpha value is -1.29. The van der Waals surface area contributed by atoms with Crippen molar-refractivity contribution in [1.82, 2.24) is 0 Å². The van der Waals surface area contributed by atoms with Crippen LogP contribution in [0.25, 0.3) is 0 Å². The molecule has 0 aliphatic heterocycles. The Morgan fingerprint density at radius 1 is 0.952 bits per heavy atom. The van der Waals surface area contributed by atoms with Crippen molar-refractivity contribution in [2.75, 3.05) is 15.7 Å². The van der Waals surface area contributed by atoms with Gasteiger partial charge < -0.3 is 0 Å². The highest BCUT2D eigenvalue weighted by atomic mass is 35.5. The van der Waals surface area contributed by atoms with Gasteiger partial charge in [-0.25, -0.2) is 16.8 Å². The number of thiophene rings is 1. The number of anilines is 2. The monoisotopic (exact) mass is 366 g/mol. The van der Waals surface area contributed by atoms with E-state index in [1.54, 1.807) is 12.1 Å². The van der Waals surface area contributed by atoms with Gasteiger partial charge in [0.1, 0.15) is 4.21 Å². The van der Waals surface area contributed by atoms with Crippen LogP contribution >= 0.6 is 22.9 Å². The molecule has 0 aliphatic rings. The lowest BCUT2D eigenvalue weighted by molar-refractivity contribution is 0.602. The van der Waals surface area contributed by atoms with Gasteiger partial charge in [0.15, 0.2) is 0 Å². The predicted octanol–water partition coefficient (Wildman–Crippen LogP) is 2.57. The van der Waals surface area contributed by atoms with Crippen LogP contribution in [0.1, 0.15) is 0 Å². The second-order valence-corrected chi connectivity index (χ2v) is 9.46. The maximum absolute atomic E-state index is 12.2. The van der Waals surface area contributed by atoms with Crippen molar-refractivity contribution in [3.05, 3.63) is 40.7 Å². The molecule has 0 amide bonds. The molecule has 0 aliphatic carbocycles. The first-order valence-corrected chi connectivity index (χ1v) is 10.1. The number of rotatable bonds is 5. The number of hydrogen-bond acceptors (Lipinski definition) is 5. The van der Waals surface area contributed by atoms with E-state index in [1.807, 2.05) is 0 Å². The molecule has 1 aromatic heterocycles. The predicted molar refractivity (Wildman–Crippen MR) is 85.0 cm³/mol. The minimum atomic E-state index is -3.82. The zero-order chi connectivity index (χ0) is 15.7. The summed E-state index contributed by atoms with van der Waals surface area (Å²) in [4.78, 5) is 0. The summed E-state index contributed by atoms with van der Waals surface area (Å²) < 4.78 is 51.9.